The van der Waals surface area contributed by atoms with E-state index in [0.29, 0.717) is 11.5 Å². The van der Waals surface area contributed by atoms with Gasteiger partial charge in [-0.2, -0.15) is 0 Å². The Labute approximate surface area is 119 Å². The Balaban J connectivity index is 3.12. The van der Waals surface area contributed by atoms with Gasteiger partial charge in [0.05, 0.1) is 0 Å². The van der Waals surface area contributed by atoms with Gasteiger partial charge in [-0.25, -0.2) is 0 Å². The molecule has 0 spiro atoms. The van der Waals surface area contributed by atoms with Gasteiger partial charge in [0.1, 0.15) is 0 Å². The lowest BCUT2D eigenvalue weighted by Gasteiger charge is -2.29. The molecule has 1 aromatic carbocycles. The molecule has 1 aromatic rings. The summed E-state index contributed by atoms with van der Waals surface area (Å²) in [5, 5.41) is 3.68. The minimum atomic E-state index is 0.347. The maximum absolute atomic E-state index is 3.68. The normalized spacial score (nSPS) is 13.6. The monoisotopic (exact) mass is 261 g/mol. The highest BCUT2D eigenvalue weighted by Gasteiger charge is 2.21. The molecule has 19 heavy (non-hydrogen) atoms. The fraction of sp³-hybridized carbons (Fsp3) is 0.667. The van der Waals surface area contributed by atoms with E-state index >= 15 is 0 Å². The van der Waals surface area contributed by atoms with E-state index in [1.807, 2.05) is 0 Å². The summed E-state index contributed by atoms with van der Waals surface area (Å²) in [6.07, 6.45) is 3.41. The summed E-state index contributed by atoms with van der Waals surface area (Å²) >= 11 is 0. The van der Waals surface area contributed by atoms with E-state index in [-0.39, 0.29) is 0 Å². The van der Waals surface area contributed by atoms with Crippen molar-refractivity contribution in [1.29, 1.82) is 0 Å². The van der Waals surface area contributed by atoms with Crippen LogP contribution in [0.3, 0.4) is 0 Å². The molecule has 0 aliphatic heterocycles. The van der Waals surface area contributed by atoms with Gasteiger partial charge in [0.15, 0.2) is 0 Å². The van der Waals surface area contributed by atoms with Crippen molar-refractivity contribution >= 4 is 0 Å². The van der Waals surface area contributed by atoms with Crippen molar-refractivity contribution in [3.8, 4) is 0 Å². The summed E-state index contributed by atoms with van der Waals surface area (Å²) < 4.78 is 0. The zero-order valence-corrected chi connectivity index (χ0v) is 13.6. The number of hydrogen-bond donors (Lipinski definition) is 1. The Hall–Kier alpha value is -0.820. The van der Waals surface area contributed by atoms with Crippen LogP contribution in [0.1, 0.15) is 70.7 Å². The Morgan fingerprint density at radius 1 is 1.05 bits per heavy atom. The van der Waals surface area contributed by atoms with E-state index in [9.17, 15) is 0 Å². The van der Waals surface area contributed by atoms with Crippen LogP contribution in [0.5, 0.6) is 0 Å². The number of nitrogens with one attached hydrogen (secondary N) is 1. The average Bonchev–Trinajstić information content (AvgIpc) is 2.36. The van der Waals surface area contributed by atoms with Gasteiger partial charge >= 0.3 is 0 Å². The third kappa shape index (κ3) is 4.99. The number of benzene rings is 1. The Morgan fingerprint density at radius 3 is 2.21 bits per heavy atom. The van der Waals surface area contributed by atoms with E-state index in [4.69, 9.17) is 0 Å². The molecule has 1 N–H and O–H groups in total. The SMILES string of the molecule is CCNC(CC(C)(C)C)c1cc(CC)ccc1CC. The van der Waals surface area contributed by atoms with Crippen LogP contribution in [0.25, 0.3) is 0 Å². The summed E-state index contributed by atoms with van der Waals surface area (Å²) in [5.41, 5.74) is 4.80. The second-order valence-electron chi connectivity index (χ2n) is 6.62. The molecule has 0 aliphatic rings. The minimum absolute atomic E-state index is 0.347. The van der Waals surface area contributed by atoms with Crippen LogP contribution < -0.4 is 5.32 Å². The van der Waals surface area contributed by atoms with Gasteiger partial charge in [0.2, 0.25) is 0 Å². The van der Waals surface area contributed by atoms with Gasteiger partial charge < -0.3 is 5.32 Å². The largest absolute Gasteiger partial charge is 0.310 e. The number of hydrogen-bond acceptors (Lipinski definition) is 1. The van der Waals surface area contributed by atoms with E-state index < -0.39 is 0 Å². The maximum atomic E-state index is 3.68. The quantitative estimate of drug-likeness (QED) is 0.768. The average molecular weight is 261 g/mol. The molecule has 1 rings (SSSR count). The van der Waals surface area contributed by atoms with E-state index in [0.717, 1.165) is 19.4 Å². The highest BCUT2D eigenvalue weighted by Crippen LogP contribution is 2.32. The molecule has 0 saturated heterocycles. The third-order valence-corrected chi connectivity index (χ3v) is 3.64. The molecular formula is C18H31N. The number of aryl methyl sites for hydroxylation is 2. The zero-order chi connectivity index (χ0) is 14.5. The first-order valence-corrected chi connectivity index (χ1v) is 7.76. The molecule has 0 amide bonds. The molecule has 1 heteroatoms. The van der Waals surface area contributed by atoms with Gasteiger partial charge in [-0.1, -0.05) is 59.7 Å². The molecule has 0 saturated carbocycles. The van der Waals surface area contributed by atoms with Crippen LogP contribution in [-0.2, 0) is 12.8 Å². The lowest BCUT2D eigenvalue weighted by molar-refractivity contribution is 0.313. The van der Waals surface area contributed by atoms with Crippen molar-refractivity contribution < 1.29 is 0 Å². The topological polar surface area (TPSA) is 12.0 Å². The standard InChI is InChI=1S/C18H31N/c1-7-14-10-11-15(8-2)16(12-14)17(19-9-3)13-18(4,5)6/h10-12,17,19H,7-9,13H2,1-6H3. The van der Waals surface area contributed by atoms with Crippen LogP contribution in [0.4, 0.5) is 0 Å². The predicted octanol–water partition coefficient (Wildman–Crippen LogP) is 4.90. The zero-order valence-electron chi connectivity index (χ0n) is 13.6. The van der Waals surface area contributed by atoms with E-state index in [1.165, 1.54) is 23.1 Å². The van der Waals surface area contributed by atoms with Crippen LogP contribution in [0.2, 0.25) is 0 Å². The highest BCUT2D eigenvalue weighted by molar-refractivity contribution is 5.35. The van der Waals surface area contributed by atoms with Crippen molar-refractivity contribution in [3.05, 3.63) is 34.9 Å². The molecule has 1 atom stereocenters. The Morgan fingerprint density at radius 2 is 1.74 bits per heavy atom. The summed E-state index contributed by atoms with van der Waals surface area (Å²) in [4.78, 5) is 0. The minimum Gasteiger partial charge on any atom is -0.310 e. The van der Waals surface area contributed by atoms with Gasteiger partial charge in [0, 0.05) is 6.04 Å². The molecule has 0 heterocycles. The first kappa shape index (κ1) is 16.2. The van der Waals surface area contributed by atoms with E-state index in [1.54, 1.807) is 0 Å². The Kier molecular flexibility index (Phi) is 6.06. The molecule has 0 aromatic heterocycles. The molecule has 0 radical (unpaired) electrons. The van der Waals surface area contributed by atoms with Crippen LogP contribution in [0.15, 0.2) is 18.2 Å². The van der Waals surface area contributed by atoms with Crippen LogP contribution in [0, 0.1) is 5.41 Å². The summed E-state index contributed by atoms with van der Waals surface area (Å²) in [7, 11) is 0. The van der Waals surface area contributed by atoms with Gasteiger partial charge in [0.25, 0.3) is 0 Å². The van der Waals surface area contributed by atoms with Gasteiger partial charge in [-0.05, 0) is 47.9 Å². The third-order valence-electron chi connectivity index (χ3n) is 3.64. The maximum Gasteiger partial charge on any atom is 0.0327 e. The second kappa shape index (κ2) is 7.09. The second-order valence-corrected chi connectivity index (χ2v) is 6.62. The van der Waals surface area contributed by atoms with Crippen molar-refractivity contribution in [2.45, 2.75) is 66.8 Å². The van der Waals surface area contributed by atoms with Crippen LogP contribution >= 0.6 is 0 Å². The molecule has 1 nitrogen and oxygen atoms in total. The Bertz CT molecular complexity index is 387. The van der Waals surface area contributed by atoms with Crippen molar-refractivity contribution in [2.75, 3.05) is 6.54 Å². The van der Waals surface area contributed by atoms with Crippen molar-refractivity contribution in [1.82, 2.24) is 5.32 Å². The fourth-order valence-corrected chi connectivity index (χ4v) is 2.66. The molecule has 0 bridgehead atoms. The first-order valence-electron chi connectivity index (χ1n) is 7.76. The summed E-state index contributed by atoms with van der Waals surface area (Å²) in [5.74, 6) is 0. The van der Waals surface area contributed by atoms with Gasteiger partial charge in [-0.15, -0.1) is 0 Å². The van der Waals surface area contributed by atoms with Crippen LogP contribution in [-0.4, -0.2) is 6.54 Å². The first-order chi connectivity index (χ1) is 8.91. The molecular weight excluding hydrogens is 230 g/mol. The molecule has 108 valence electrons. The fourth-order valence-electron chi connectivity index (χ4n) is 2.66. The molecule has 0 fully saturated rings. The van der Waals surface area contributed by atoms with Crippen molar-refractivity contribution in [3.63, 3.8) is 0 Å². The summed E-state index contributed by atoms with van der Waals surface area (Å²) in [6, 6.07) is 7.49. The lowest BCUT2D eigenvalue weighted by Crippen LogP contribution is -2.26. The van der Waals surface area contributed by atoms with Crippen molar-refractivity contribution in [2.24, 2.45) is 5.41 Å². The molecule has 1 unspecified atom stereocenters. The van der Waals surface area contributed by atoms with Gasteiger partial charge in [-0.3, -0.25) is 0 Å². The lowest BCUT2D eigenvalue weighted by atomic mass is 9.83. The number of rotatable bonds is 6. The van der Waals surface area contributed by atoms with E-state index in [2.05, 4.69) is 65.1 Å². The predicted molar refractivity (Wildman–Crippen MR) is 85.7 cm³/mol. The summed E-state index contributed by atoms with van der Waals surface area (Å²) in [6.45, 7) is 14.7. The highest BCUT2D eigenvalue weighted by atomic mass is 14.9. The molecule has 0 aliphatic carbocycles. The smallest absolute Gasteiger partial charge is 0.0327 e.